The van der Waals surface area contributed by atoms with Crippen molar-refractivity contribution in [1.29, 1.82) is 0 Å². The molecule has 4 heteroatoms. The number of rotatable bonds is 4. The van der Waals surface area contributed by atoms with E-state index in [0.717, 1.165) is 5.56 Å². The minimum atomic E-state index is -0.281. The Morgan fingerprint density at radius 3 is 2.46 bits per heavy atom. The van der Waals surface area contributed by atoms with Crippen LogP contribution in [0.4, 0.5) is 0 Å². The van der Waals surface area contributed by atoms with E-state index in [0.29, 0.717) is 6.54 Å². The van der Waals surface area contributed by atoms with Crippen LogP contribution in [0.3, 0.4) is 0 Å². The van der Waals surface area contributed by atoms with E-state index in [1.807, 2.05) is 37.4 Å². The summed E-state index contributed by atoms with van der Waals surface area (Å²) in [5.74, 6) is 0. The first-order valence-electron chi connectivity index (χ1n) is 3.88. The summed E-state index contributed by atoms with van der Waals surface area (Å²) < 4.78 is 0. The topological polar surface area (TPSA) is 41.5 Å². The zero-order chi connectivity index (χ0) is 8.81. The molecule has 0 aliphatic heterocycles. The number of hydrogen-bond acceptors (Lipinski definition) is 3. The van der Waals surface area contributed by atoms with Crippen molar-refractivity contribution in [2.24, 2.45) is 0 Å². The summed E-state index contributed by atoms with van der Waals surface area (Å²) in [4.78, 5) is 4.31. The summed E-state index contributed by atoms with van der Waals surface area (Å²) in [6.45, 7) is 0.598. The third-order valence-electron chi connectivity index (χ3n) is 1.69. The molecule has 1 unspecified atom stereocenters. The molecule has 0 radical (unpaired) electrons. The van der Waals surface area contributed by atoms with E-state index >= 15 is 0 Å². The number of benzene rings is 1. The van der Waals surface area contributed by atoms with E-state index in [9.17, 15) is 0 Å². The Bertz CT molecular complexity index is 218. The first-order valence-corrected chi connectivity index (χ1v) is 3.88. The highest BCUT2D eigenvalue weighted by Crippen LogP contribution is 2.14. The van der Waals surface area contributed by atoms with Gasteiger partial charge in [-0.2, -0.15) is 0 Å². The Labute approximate surface area is 84.1 Å². The van der Waals surface area contributed by atoms with E-state index in [1.165, 1.54) is 0 Å². The van der Waals surface area contributed by atoms with Crippen LogP contribution in [-0.4, -0.2) is 18.8 Å². The Kier molecular flexibility index (Phi) is 6.54. The highest BCUT2D eigenvalue weighted by Gasteiger charge is 2.09. The van der Waals surface area contributed by atoms with Crippen molar-refractivity contribution in [3.63, 3.8) is 0 Å². The number of likely N-dealkylation sites (N-methyl/N-ethyl adjacent to an activating group) is 1. The van der Waals surface area contributed by atoms with E-state index < -0.39 is 0 Å². The molecule has 0 aliphatic rings. The minimum Gasteiger partial charge on any atom is -0.317 e. The van der Waals surface area contributed by atoms with Crippen molar-refractivity contribution < 1.29 is 10.1 Å². The fraction of sp³-hybridized carbons (Fsp3) is 0.333. The quantitative estimate of drug-likeness (QED) is 0.580. The van der Waals surface area contributed by atoms with Gasteiger partial charge in [-0.05, 0) is 12.6 Å². The van der Waals surface area contributed by atoms with Gasteiger partial charge in [-0.1, -0.05) is 30.3 Å². The van der Waals surface area contributed by atoms with Crippen LogP contribution < -0.4 is 5.32 Å². The Morgan fingerprint density at radius 2 is 2.00 bits per heavy atom. The molecule has 13 heavy (non-hydrogen) atoms. The summed E-state index contributed by atoms with van der Waals surface area (Å²) in [5, 5.41) is 11.5. The molecule has 0 saturated heterocycles. The smallest absolute Gasteiger partial charge is 0.130 e. The van der Waals surface area contributed by atoms with Crippen molar-refractivity contribution in [2.75, 3.05) is 13.6 Å². The molecule has 3 nitrogen and oxygen atoms in total. The summed E-state index contributed by atoms with van der Waals surface area (Å²) in [6, 6.07) is 9.59. The third-order valence-corrected chi connectivity index (χ3v) is 1.69. The largest absolute Gasteiger partial charge is 0.317 e. The van der Waals surface area contributed by atoms with Gasteiger partial charge in [-0.3, -0.25) is 5.26 Å². The van der Waals surface area contributed by atoms with E-state index in [2.05, 4.69) is 10.2 Å². The van der Waals surface area contributed by atoms with Crippen molar-refractivity contribution in [3.8, 4) is 0 Å². The third kappa shape index (κ3) is 3.74. The van der Waals surface area contributed by atoms with Crippen LogP contribution in [-0.2, 0) is 4.89 Å². The van der Waals surface area contributed by atoms with Gasteiger partial charge in [0, 0.05) is 6.54 Å². The molecule has 0 fully saturated rings. The normalized spacial score (nSPS) is 11.8. The van der Waals surface area contributed by atoms with Crippen molar-refractivity contribution in [3.05, 3.63) is 35.9 Å². The summed E-state index contributed by atoms with van der Waals surface area (Å²) in [6.07, 6.45) is -0.281. The molecule has 0 bridgehead atoms. The van der Waals surface area contributed by atoms with Gasteiger partial charge in [0.15, 0.2) is 0 Å². The van der Waals surface area contributed by atoms with Gasteiger partial charge in [-0.15, -0.1) is 12.4 Å². The number of hydrogen-bond donors (Lipinski definition) is 2. The van der Waals surface area contributed by atoms with Crippen LogP contribution >= 0.6 is 12.4 Å². The second-order valence-corrected chi connectivity index (χ2v) is 2.56. The summed E-state index contributed by atoms with van der Waals surface area (Å²) in [7, 11) is 1.81. The molecule has 74 valence electrons. The van der Waals surface area contributed by atoms with E-state index in [1.54, 1.807) is 0 Å². The maximum absolute atomic E-state index is 8.57. The molecular formula is C9H14ClNO2. The van der Waals surface area contributed by atoms with Gasteiger partial charge < -0.3 is 5.32 Å². The molecule has 1 aromatic rings. The Morgan fingerprint density at radius 1 is 1.38 bits per heavy atom. The lowest BCUT2D eigenvalue weighted by atomic mass is 10.1. The SMILES string of the molecule is CNCC(OO)c1ccccc1.Cl. The highest BCUT2D eigenvalue weighted by atomic mass is 35.5. The molecule has 0 aromatic heterocycles. The average molecular weight is 204 g/mol. The number of nitrogens with one attached hydrogen (secondary N) is 1. The average Bonchev–Trinajstić information content (AvgIpc) is 2.15. The van der Waals surface area contributed by atoms with Crippen LogP contribution in [0.5, 0.6) is 0 Å². The maximum atomic E-state index is 8.57. The zero-order valence-electron chi connectivity index (χ0n) is 7.43. The molecule has 1 rings (SSSR count). The van der Waals surface area contributed by atoms with Crippen LogP contribution in [0, 0.1) is 0 Å². The molecule has 0 amide bonds. The first kappa shape index (κ1) is 12.4. The lowest BCUT2D eigenvalue weighted by Crippen LogP contribution is -2.18. The van der Waals surface area contributed by atoms with Gasteiger partial charge in [0.1, 0.15) is 6.10 Å². The molecule has 1 aromatic carbocycles. The van der Waals surface area contributed by atoms with Gasteiger partial charge in [0.25, 0.3) is 0 Å². The van der Waals surface area contributed by atoms with Gasteiger partial charge in [-0.25, -0.2) is 4.89 Å². The van der Waals surface area contributed by atoms with E-state index in [4.69, 9.17) is 5.26 Å². The molecule has 0 saturated carbocycles. The molecule has 0 heterocycles. The van der Waals surface area contributed by atoms with Crippen LogP contribution in [0.2, 0.25) is 0 Å². The molecule has 1 atom stereocenters. The molecule has 0 spiro atoms. The highest BCUT2D eigenvalue weighted by molar-refractivity contribution is 5.85. The van der Waals surface area contributed by atoms with E-state index in [-0.39, 0.29) is 18.5 Å². The lowest BCUT2D eigenvalue weighted by Gasteiger charge is -2.12. The molecule has 2 N–H and O–H groups in total. The maximum Gasteiger partial charge on any atom is 0.130 e. The van der Waals surface area contributed by atoms with Gasteiger partial charge in [0.2, 0.25) is 0 Å². The first-order chi connectivity index (χ1) is 5.88. The molecular weight excluding hydrogens is 190 g/mol. The van der Waals surface area contributed by atoms with Crippen LogP contribution in [0.1, 0.15) is 11.7 Å². The summed E-state index contributed by atoms with van der Waals surface area (Å²) >= 11 is 0. The van der Waals surface area contributed by atoms with Crippen molar-refractivity contribution in [1.82, 2.24) is 5.32 Å². The Hall–Kier alpha value is -0.610. The van der Waals surface area contributed by atoms with Crippen LogP contribution in [0.15, 0.2) is 30.3 Å². The van der Waals surface area contributed by atoms with Crippen molar-refractivity contribution in [2.45, 2.75) is 6.10 Å². The standard InChI is InChI=1S/C9H13NO2.ClH/c1-10-7-9(12-11)8-5-3-2-4-6-8;/h2-6,9-11H,7H2,1H3;1H. The summed E-state index contributed by atoms with van der Waals surface area (Å²) in [5.41, 5.74) is 0.967. The predicted octanol–water partition coefficient (Wildman–Crippen LogP) is 1.86. The molecule has 0 aliphatic carbocycles. The second kappa shape index (κ2) is 6.86. The Balaban J connectivity index is 0.00000144. The minimum absolute atomic E-state index is 0. The monoisotopic (exact) mass is 203 g/mol. The van der Waals surface area contributed by atoms with Crippen molar-refractivity contribution >= 4 is 12.4 Å². The number of halogens is 1. The fourth-order valence-electron chi connectivity index (χ4n) is 1.07. The second-order valence-electron chi connectivity index (χ2n) is 2.56. The van der Waals surface area contributed by atoms with Crippen LogP contribution in [0.25, 0.3) is 0 Å². The predicted molar refractivity (Wildman–Crippen MR) is 54.1 cm³/mol. The van der Waals surface area contributed by atoms with Gasteiger partial charge in [0.05, 0.1) is 0 Å². The fourth-order valence-corrected chi connectivity index (χ4v) is 1.07. The zero-order valence-corrected chi connectivity index (χ0v) is 8.25. The lowest BCUT2D eigenvalue weighted by molar-refractivity contribution is -0.280. The van der Waals surface area contributed by atoms with Gasteiger partial charge >= 0.3 is 0 Å².